The van der Waals surface area contributed by atoms with Crippen molar-refractivity contribution < 1.29 is 42.2 Å². The lowest BCUT2D eigenvalue weighted by Gasteiger charge is -2.30. The SMILES string of the molecule is CC(C)(C)OC(=O)N(CCN(CC(=O)Nc1nnc(S(N)(=O)=O)s1)C(=O)OC(C)(C)C)CC(=O)O. The summed E-state index contributed by atoms with van der Waals surface area (Å²) < 4.78 is 32.6. The number of primary sulfonamides is 1. The second kappa shape index (κ2) is 11.6. The number of nitrogens with two attached hydrogens (primary N) is 1. The first-order valence-corrected chi connectivity index (χ1v) is 12.5. The van der Waals surface area contributed by atoms with Gasteiger partial charge in [-0.15, -0.1) is 10.2 Å². The number of anilines is 1. The van der Waals surface area contributed by atoms with Gasteiger partial charge in [-0.1, -0.05) is 11.3 Å². The van der Waals surface area contributed by atoms with Crippen LogP contribution in [0.2, 0.25) is 0 Å². The van der Waals surface area contributed by atoms with Crippen LogP contribution in [0.4, 0.5) is 14.7 Å². The monoisotopic (exact) mass is 538 g/mol. The highest BCUT2D eigenvalue weighted by Crippen LogP contribution is 2.18. The van der Waals surface area contributed by atoms with E-state index in [1.165, 1.54) is 0 Å². The third kappa shape index (κ3) is 11.8. The van der Waals surface area contributed by atoms with Crippen LogP contribution in [0.5, 0.6) is 0 Å². The van der Waals surface area contributed by atoms with Crippen LogP contribution in [0.25, 0.3) is 0 Å². The third-order valence-electron chi connectivity index (χ3n) is 3.50. The van der Waals surface area contributed by atoms with Crippen LogP contribution < -0.4 is 10.5 Å². The minimum Gasteiger partial charge on any atom is -0.480 e. The zero-order valence-corrected chi connectivity index (χ0v) is 21.9. The van der Waals surface area contributed by atoms with Crippen molar-refractivity contribution in [2.45, 2.75) is 57.1 Å². The number of amides is 3. The maximum Gasteiger partial charge on any atom is 0.410 e. The van der Waals surface area contributed by atoms with Crippen LogP contribution in [0.1, 0.15) is 41.5 Å². The lowest BCUT2D eigenvalue weighted by Crippen LogP contribution is -2.47. The number of carbonyl (C=O) groups excluding carboxylic acids is 3. The molecule has 1 aromatic rings. The first kappa shape index (κ1) is 30.0. The maximum absolute atomic E-state index is 12.7. The van der Waals surface area contributed by atoms with Gasteiger partial charge in [-0.3, -0.25) is 24.7 Å². The van der Waals surface area contributed by atoms with E-state index in [0.717, 1.165) is 9.80 Å². The zero-order chi connectivity index (χ0) is 27.2. The van der Waals surface area contributed by atoms with E-state index in [9.17, 15) is 27.6 Å². The summed E-state index contributed by atoms with van der Waals surface area (Å²) in [5, 5.41) is 23.1. The largest absolute Gasteiger partial charge is 0.480 e. The van der Waals surface area contributed by atoms with Crippen LogP contribution in [0.3, 0.4) is 0 Å². The highest BCUT2D eigenvalue weighted by atomic mass is 32.2. The number of aliphatic carboxylic acids is 1. The Kier molecular flexibility index (Phi) is 9.93. The molecule has 1 aromatic heterocycles. The Balaban J connectivity index is 3.01. The molecule has 0 radical (unpaired) electrons. The highest BCUT2D eigenvalue weighted by Gasteiger charge is 2.28. The topological polar surface area (TPSA) is 211 Å². The average molecular weight is 539 g/mol. The number of rotatable bonds is 9. The molecule has 0 fully saturated rings. The molecule has 3 amide bonds. The molecule has 4 N–H and O–H groups in total. The van der Waals surface area contributed by atoms with Gasteiger partial charge >= 0.3 is 18.2 Å². The van der Waals surface area contributed by atoms with Gasteiger partial charge in [0.1, 0.15) is 24.3 Å². The molecule has 0 atom stereocenters. The number of ether oxygens (including phenoxy) is 2. The lowest BCUT2D eigenvalue weighted by molar-refractivity contribution is -0.138. The maximum atomic E-state index is 12.7. The summed E-state index contributed by atoms with van der Waals surface area (Å²) in [5.74, 6) is -2.09. The molecule has 0 spiro atoms. The Labute approximate surface area is 206 Å². The van der Waals surface area contributed by atoms with E-state index in [1.54, 1.807) is 41.5 Å². The molecule has 0 saturated carbocycles. The number of hydrogen-bond acceptors (Lipinski definition) is 11. The summed E-state index contributed by atoms with van der Waals surface area (Å²) >= 11 is 0.511. The van der Waals surface area contributed by atoms with Gasteiger partial charge in [-0.25, -0.2) is 23.1 Å². The lowest BCUT2D eigenvalue weighted by atomic mass is 10.2. The number of aromatic nitrogens is 2. The molecule has 1 heterocycles. The van der Waals surface area contributed by atoms with Gasteiger partial charge in [-0.2, -0.15) is 0 Å². The minimum absolute atomic E-state index is 0.176. The first-order valence-electron chi connectivity index (χ1n) is 10.1. The molecular weight excluding hydrogens is 508 g/mol. The zero-order valence-electron chi connectivity index (χ0n) is 20.2. The van der Waals surface area contributed by atoms with Gasteiger partial charge in [0, 0.05) is 13.1 Å². The predicted octanol–water partition coefficient (Wildman–Crippen LogP) is 0.683. The van der Waals surface area contributed by atoms with Crippen molar-refractivity contribution >= 4 is 50.6 Å². The number of hydrogen-bond donors (Lipinski definition) is 3. The Morgan fingerprint density at radius 1 is 0.943 bits per heavy atom. The summed E-state index contributed by atoms with van der Waals surface area (Å²) in [6.07, 6.45) is -1.83. The fraction of sp³-hybridized carbons (Fsp3) is 0.667. The van der Waals surface area contributed by atoms with Crippen molar-refractivity contribution in [2.75, 3.05) is 31.5 Å². The van der Waals surface area contributed by atoms with Crippen molar-refractivity contribution in [3.63, 3.8) is 0 Å². The van der Waals surface area contributed by atoms with E-state index in [1.807, 2.05) is 0 Å². The molecule has 0 aliphatic carbocycles. The Hall–Kier alpha value is -3.05. The normalized spacial score (nSPS) is 12.0. The average Bonchev–Trinajstić information content (AvgIpc) is 3.09. The quantitative estimate of drug-likeness (QED) is 0.372. The predicted molar refractivity (Wildman–Crippen MR) is 123 cm³/mol. The molecule has 0 aromatic carbocycles. The second-order valence-corrected chi connectivity index (χ2v) is 11.9. The standard InChI is InChI=1S/C18H30N6O9S2/c1-17(2,3)32-15(28)23(7-8-24(10-12(26)27)16(29)33-18(4,5)6)9-11(25)20-13-21-22-14(34-13)35(19,30)31/h7-10H2,1-6H3,(H,26,27)(H2,19,30,31)(H,20,21,25). The molecule has 35 heavy (non-hydrogen) atoms. The number of carboxylic acid groups (broad SMARTS) is 1. The van der Waals surface area contributed by atoms with Gasteiger partial charge in [0.2, 0.25) is 15.4 Å². The van der Waals surface area contributed by atoms with Gasteiger partial charge in [0.05, 0.1) is 0 Å². The van der Waals surface area contributed by atoms with Gasteiger partial charge in [-0.05, 0) is 41.5 Å². The van der Waals surface area contributed by atoms with E-state index >= 15 is 0 Å². The van der Waals surface area contributed by atoms with E-state index in [0.29, 0.717) is 11.3 Å². The van der Waals surface area contributed by atoms with Crippen LogP contribution in [0.15, 0.2) is 4.34 Å². The molecule has 198 valence electrons. The van der Waals surface area contributed by atoms with Gasteiger partial charge in [0.25, 0.3) is 10.0 Å². The van der Waals surface area contributed by atoms with Gasteiger partial charge < -0.3 is 14.6 Å². The van der Waals surface area contributed by atoms with E-state index in [2.05, 4.69) is 15.5 Å². The minimum atomic E-state index is -4.11. The molecule has 0 aliphatic rings. The fourth-order valence-electron chi connectivity index (χ4n) is 2.23. The summed E-state index contributed by atoms with van der Waals surface area (Å²) in [4.78, 5) is 50.6. The summed E-state index contributed by atoms with van der Waals surface area (Å²) in [6.45, 7) is 7.78. The number of carboxylic acids is 1. The van der Waals surface area contributed by atoms with Crippen molar-refractivity contribution in [2.24, 2.45) is 5.14 Å². The summed E-state index contributed by atoms with van der Waals surface area (Å²) in [7, 11) is -4.11. The molecule has 0 saturated heterocycles. The van der Waals surface area contributed by atoms with Crippen molar-refractivity contribution in [1.82, 2.24) is 20.0 Å². The van der Waals surface area contributed by atoms with E-state index in [4.69, 9.17) is 19.7 Å². The number of nitrogens with one attached hydrogen (secondary N) is 1. The highest BCUT2D eigenvalue weighted by molar-refractivity contribution is 7.91. The molecule has 1 rings (SSSR count). The first-order chi connectivity index (χ1) is 15.8. The van der Waals surface area contributed by atoms with E-state index < -0.39 is 62.7 Å². The van der Waals surface area contributed by atoms with Crippen LogP contribution >= 0.6 is 11.3 Å². The Bertz CT molecular complexity index is 1040. The number of nitrogens with zero attached hydrogens (tertiary/aromatic N) is 4. The van der Waals surface area contributed by atoms with E-state index in [-0.39, 0.29) is 18.2 Å². The van der Waals surface area contributed by atoms with Crippen LogP contribution in [-0.4, -0.2) is 95.0 Å². The molecular formula is C18H30N6O9S2. The number of sulfonamides is 1. The fourth-order valence-corrected chi connectivity index (χ4v) is 3.58. The van der Waals surface area contributed by atoms with Crippen molar-refractivity contribution in [3.8, 4) is 0 Å². The number of carbonyl (C=O) groups is 4. The Morgan fingerprint density at radius 2 is 1.40 bits per heavy atom. The summed E-state index contributed by atoms with van der Waals surface area (Å²) in [6, 6.07) is 0. The van der Waals surface area contributed by atoms with Crippen LogP contribution in [-0.2, 0) is 29.1 Å². The smallest absolute Gasteiger partial charge is 0.410 e. The molecule has 17 heteroatoms. The Morgan fingerprint density at radius 3 is 1.77 bits per heavy atom. The molecule has 0 bridgehead atoms. The van der Waals surface area contributed by atoms with Crippen molar-refractivity contribution in [1.29, 1.82) is 0 Å². The molecule has 0 aliphatic heterocycles. The van der Waals surface area contributed by atoms with Crippen molar-refractivity contribution in [3.05, 3.63) is 0 Å². The molecule has 15 nitrogen and oxygen atoms in total. The summed E-state index contributed by atoms with van der Waals surface area (Å²) in [5.41, 5.74) is -1.81. The molecule has 0 unspecified atom stereocenters. The van der Waals surface area contributed by atoms with Crippen LogP contribution in [0, 0.1) is 0 Å². The second-order valence-electron chi connectivity index (χ2n) is 9.16. The van der Waals surface area contributed by atoms with Gasteiger partial charge in [0.15, 0.2) is 0 Å². The third-order valence-corrected chi connectivity index (χ3v) is 5.65.